The zero-order valence-corrected chi connectivity index (χ0v) is 9.50. The number of hydrogen-bond acceptors (Lipinski definition) is 2. The minimum Gasteiger partial charge on any atom is -0.338 e. The Morgan fingerprint density at radius 2 is 2.00 bits per heavy atom. The Hall–Kier alpha value is -1.62. The van der Waals surface area contributed by atoms with E-state index in [0.717, 1.165) is 18.7 Å². The van der Waals surface area contributed by atoms with E-state index in [4.69, 9.17) is 0 Å². The maximum Gasteiger partial charge on any atom is 0.315 e. The van der Waals surface area contributed by atoms with Crippen LogP contribution in [0.2, 0.25) is 0 Å². The summed E-state index contributed by atoms with van der Waals surface area (Å²) in [6.07, 6.45) is 0. The summed E-state index contributed by atoms with van der Waals surface area (Å²) in [6.45, 7) is 3.05. The van der Waals surface area contributed by atoms with Crippen molar-refractivity contribution < 1.29 is 9.18 Å². The molecule has 0 radical (unpaired) electrons. The smallest absolute Gasteiger partial charge is 0.315 e. The van der Waals surface area contributed by atoms with Crippen LogP contribution in [0.4, 0.5) is 9.18 Å². The van der Waals surface area contributed by atoms with Gasteiger partial charge < -0.3 is 16.0 Å². The van der Waals surface area contributed by atoms with Crippen LogP contribution in [-0.4, -0.2) is 25.7 Å². The van der Waals surface area contributed by atoms with Crippen molar-refractivity contribution in [2.75, 3.05) is 19.6 Å². The third-order valence-corrected chi connectivity index (χ3v) is 2.78. The van der Waals surface area contributed by atoms with Crippen LogP contribution < -0.4 is 16.0 Å². The van der Waals surface area contributed by atoms with Gasteiger partial charge in [-0.25, -0.2) is 9.18 Å². The monoisotopic (exact) mass is 237 g/mol. The van der Waals surface area contributed by atoms with Crippen LogP contribution in [0.3, 0.4) is 0 Å². The summed E-state index contributed by atoms with van der Waals surface area (Å²) >= 11 is 0. The number of hydrogen-bond donors (Lipinski definition) is 3. The molecule has 0 aliphatic carbocycles. The molecule has 0 unspecified atom stereocenters. The summed E-state index contributed by atoms with van der Waals surface area (Å²) in [6, 6.07) is 5.90. The molecule has 2 rings (SSSR count). The fourth-order valence-electron chi connectivity index (χ4n) is 1.58. The normalized spacial score (nSPS) is 15.1. The Balaban J connectivity index is 1.66. The van der Waals surface area contributed by atoms with E-state index in [1.807, 2.05) is 0 Å². The SMILES string of the molecule is O=C(NCc1ccc(F)cc1)NCC1CNC1. The maximum atomic E-state index is 12.6. The molecule has 1 aromatic rings. The van der Waals surface area contributed by atoms with Crippen molar-refractivity contribution in [2.45, 2.75) is 6.54 Å². The molecule has 0 bridgehead atoms. The summed E-state index contributed by atoms with van der Waals surface area (Å²) in [5.41, 5.74) is 0.881. The molecule has 1 fully saturated rings. The van der Waals surface area contributed by atoms with Crippen LogP contribution in [0.1, 0.15) is 5.56 Å². The first-order valence-electron chi connectivity index (χ1n) is 5.71. The van der Waals surface area contributed by atoms with E-state index in [2.05, 4.69) is 16.0 Å². The van der Waals surface area contributed by atoms with Gasteiger partial charge in [-0.3, -0.25) is 0 Å². The molecule has 17 heavy (non-hydrogen) atoms. The molecular formula is C12H16FN3O. The van der Waals surface area contributed by atoms with Crippen LogP contribution in [0, 0.1) is 11.7 Å². The summed E-state index contributed by atoms with van der Waals surface area (Å²) in [4.78, 5) is 11.4. The Morgan fingerprint density at radius 3 is 2.59 bits per heavy atom. The number of rotatable bonds is 4. The molecule has 1 aromatic carbocycles. The Bertz CT molecular complexity index is 376. The van der Waals surface area contributed by atoms with Crippen molar-refractivity contribution in [1.82, 2.24) is 16.0 Å². The van der Waals surface area contributed by atoms with Crippen molar-refractivity contribution >= 4 is 6.03 Å². The number of carbonyl (C=O) groups is 1. The average Bonchev–Trinajstić information content (AvgIpc) is 2.26. The second kappa shape index (κ2) is 5.63. The molecule has 1 saturated heterocycles. The Labute approximate surface area is 99.6 Å². The lowest BCUT2D eigenvalue weighted by Crippen LogP contribution is -2.49. The fraction of sp³-hybridized carbons (Fsp3) is 0.417. The zero-order valence-electron chi connectivity index (χ0n) is 9.50. The van der Waals surface area contributed by atoms with E-state index in [1.54, 1.807) is 12.1 Å². The molecule has 92 valence electrons. The lowest BCUT2D eigenvalue weighted by Gasteiger charge is -2.27. The van der Waals surface area contributed by atoms with E-state index in [-0.39, 0.29) is 11.8 Å². The molecule has 5 heteroatoms. The molecule has 0 atom stereocenters. The van der Waals surface area contributed by atoms with Crippen molar-refractivity contribution in [3.8, 4) is 0 Å². The highest BCUT2D eigenvalue weighted by molar-refractivity contribution is 5.73. The van der Waals surface area contributed by atoms with Gasteiger partial charge in [-0.15, -0.1) is 0 Å². The first kappa shape index (κ1) is 11.9. The molecular weight excluding hydrogens is 221 g/mol. The molecule has 4 nitrogen and oxygen atoms in total. The third-order valence-electron chi connectivity index (χ3n) is 2.78. The van der Waals surface area contributed by atoms with Gasteiger partial charge in [0.2, 0.25) is 0 Å². The molecule has 0 spiro atoms. The number of benzene rings is 1. The van der Waals surface area contributed by atoms with Crippen LogP contribution in [0.15, 0.2) is 24.3 Å². The maximum absolute atomic E-state index is 12.6. The van der Waals surface area contributed by atoms with Gasteiger partial charge in [0.15, 0.2) is 0 Å². The van der Waals surface area contributed by atoms with Crippen molar-refractivity contribution in [3.63, 3.8) is 0 Å². The summed E-state index contributed by atoms with van der Waals surface area (Å²) < 4.78 is 12.6. The van der Waals surface area contributed by atoms with Gasteiger partial charge in [-0.05, 0) is 17.7 Å². The number of halogens is 1. The van der Waals surface area contributed by atoms with E-state index in [0.29, 0.717) is 19.0 Å². The van der Waals surface area contributed by atoms with Crippen LogP contribution >= 0.6 is 0 Å². The van der Waals surface area contributed by atoms with Crippen molar-refractivity contribution in [2.24, 2.45) is 5.92 Å². The largest absolute Gasteiger partial charge is 0.338 e. The van der Waals surface area contributed by atoms with Crippen molar-refractivity contribution in [1.29, 1.82) is 0 Å². The number of urea groups is 1. The van der Waals surface area contributed by atoms with E-state index < -0.39 is 0 Å². The first-order valence-corrected chi connectivity index (χ1v) is 5.71. The number of amides is 2. The van der Waals surface area contributed by atoms with Crippen molar-refractivity contribution in [3.05, 3.63) is 35.6 Å². The second-order valence-electron chi connectivity index (χ2n) is 4.21. The van der Waals surface area contributed by atoms with Gasteiger partial charge in [0.05, 0.1) is 0 Å². The highest BCUT2D eigenvalue weighted by atomic mass is 19.1. The number of nitrogens with one attached hydrogen (secondary N) is 3. The Morgan fingerprint density at radius 1 is 1.29 bits per heavy atom. The number of carbonyl (C=O) groups excluding carboxylic acids is 1. The average molecular weight is 237 g/mol. The van der Waals surface area contributed by atoms with Gasteiger partial charge in [0.25, 0.3) is 0 Å². The summed E-state index contributed by atoms with van der Waals surface area (Å²) in [5.74, 6) is 0.280. The summed E-state index contributed by atoms with van der Waals surface area (Å²) in [5, 5.41) is 8.67. The fourth-order valence-corrected chi connectivity index (χ4v) is 1.58. The standard InChI is InChI=1S/C12H16FN3O/c13-11-3-1-9(2-4-11)7-15-12(17)16-8-10-5-14-6-10/h1-4,10,14H,5-8H2,(H2,15,16,17). The molecule has 1 aliphatic rings. The van der Waals surface area contributed by atoms with Gasteiger partial charge in [-0.1, -0.05) is 12.1 Å². The lowest BCUT2D eigenvalue weighted by atomic mass is 10.0. The van der Waals surface area contributed by atoms with Crippen LogP contribution in [0.5, 0.6) is 0 Å². The molecule has 2 amide bonds. The topological polar surface area (TPSA) is 53.2 Å². The quantitative estimate of drug-likeness (QED) is 0.727. The Kier molecular flexibility index (Phi) is 3.93. The van der Waals surface area contributed by atoms with Crippen LogP contribution in [0.25, 0.3) is 0 Å². The van der Waals surface area contributed by atoms with Gasteiger partial charge in [-0.2, -0.15) is 0 Å². The highest BCUT2D eigenvalue weighted by Gasteiger charge is 2.16. The van der Waals surface area contributed by atoms with E-state index in [1.165, 1.54) is 12.1 Å². The molecule has 1 heterocycles. The lowest BCUT2D eigenvalue weighted by molar-refractivity contribution is 0.235. The molecule has 0 saturated carbocycles. The molecule has 3 N–H and O–H groups in total. The minimum atomic E-state index is -0.268. The first-order chi connectivity index (χ1) is 8.24. The zero-order chi connectivity index (χ0) is 12.1. The van der Waals surface area contributed by atoms with Gasteiger partial charge in [0.1, 0.15) is 5.82 Å². The highest BCUT2D eigenvalue weighted by Crippen LogP contribution is 2.02. The minimum absolute atomic E-state index is 0.179. The molecule has 1 aliphatic heterocycles. The van der Waals surface area contributed by atoms with Crippen LogP contribution in [-0.2, 0) is 6.54 Å². The predicted molar refractivity (Wildman–Crippen MR) is 63.0 cm³/mol. The molecule has 0 aromatic heterocycles. The van der Waals surface area contributed by atoms with Gasteiger partial charge in [0, 0.05) is 32.1 Å². The summed E-state index contributed by atoms with van der Waals surface area (Å²) in [7, 11) is 0. The van der Waals surface area contributed by atoms with E-state index >= 15 is 0 Å². The van der Waals surface area contributed by atoms with E-state index in [9.17, 15) is 9.18 Å². The second-order valence-corrected chi connectivity index (χ2v) is 4.21. The predicted octanol–water partition coefficient (Wildman–Crippen LogP) is 0.844. The third kappa shape index (κ3) is 3.71. The van der Waals surface area contributed by atoms with Gasteiger partial charge >= 0.3 is 6.03 Å².